The highest BCUT2D eigenvalue weighted by Crippen LogP contribution is 2.33. The standard InChI is InChI=1S/C17H23N3O2S/c1-12-11-23-17(19-12)13-5-8-20(9-6-13)10-14-16(22-3)15(21-2)4-7-18-14/h4,7,11,13H,5-6,8-10H2,1-3H3. The fourth-order valence-electron chi connectivity index (χ4n) is 3.07. The lowest BCUT2D eigenvalue weighted by Gasteiger charge is -2.31. The van der Waals surface area contributed by atoms with Crippen molar-refractivity contribution in [3.05, 3.63) is 34.0 Å². The third-order valence-corrected chi connectivity index (χ3v) is 5.44. The Hall–Kier alpha value is -1.66. The monoisotopic (exact) mass is 333 g/mol. The van der Waals surface area contributed by atoms with Gasteiger partial charge in [0.25, 0.3) is 0 Å². The van der Waals surface area contributed by atoms with E-state index in [0.717, 1.165) is 55.4 Å². The Morgan fingerprint density at radius 3 is 2.65 bits per heavy atom. The molecule has 1 saturated heterocycles. The number of hydrogen-bond acceptors (Lipinski definition) is 6. The summed E-state index contributed by atoms with van der Waals surface area (Å²) in [6, 6.07) is 1.83. The number of hydrogen-bond donors (Lipinski definition) is 0. The minimum Gasteiger partial charge on any atom is -0.493 e. The van der Waals surface area contributed by atoms with E-state index in [0.29, 0.717) is 5.92 Å². The van der Waals surface area contributed by atoms with Crippen molar-refractivity contribution in [3.63, 3.8) is 0 Å². The average molecular weight is 333 g/mol. The van der Waals surface area contributed by atoms with E-state index in [-0.39, 0.29) is 0 Å². The number of rotatable bonds is 5. The average Bonchev–Trinajstić information content (AvgIpc) is 3.01. The second-order valence-corrected chi connectivity index (χ2v) is 6.76. The van der Waals surface area contributed by atoms with E-state index < -0.39 is 0 Å². The van der Waals surface area contributed by atoms with Crippen LogP contribution in [-0.2, 0) is 6.54 Å². The number of thiazole rings is 1. The molecule has 0 aliphatic carbocycles. The van der Waals surface area contributed by atoms with E-state index in [1.807, 2.05) is 6.07 Å². The predicted octanol–water partition coefficient (Wildman–Crippen LogP) is 3.24. The molecule has 1 fully saturated rings. The molecule has 0 radical (unpaired) electrons. The molecule has 0 spiro atoms. The molecule has 3 heterocycles. The van der Waals surface area contributed by atoms with Crippen molar-refractivity contribution in [1.29, 1.82) is 0 Å². The second kappa shape index (κ2) is 7.27. The van der Waals surface area contributed by atoms with E-state index in [2.05, 4.69) is 27.2 Å². The third-order valence-electron chi connectivity index (χ3n) is 4.31. The maximum atomic E-state index is 5.48. The molecule has 0 unspecified atom stereocenters. The minimum atomic E-state index is 0.602. The highest BCUT2D eigenvalue weighted by molar-refractivity contribution is 7.09. The van der Waals surface area contributed by atoms with Gasteiger partial charge in [0.15, 0.2) is 11.5 Å². The molecule has 0 saturated carbocycles. The summed E-state index contributed by atoms with van der Waals surface area (Å²) in [4.78, 5) is 11.6. The zero-order valence-electron chi connectivity index (χ0n) is 13.9. The largest absolute Gasteiger partial charge is 0.493 e. The Kier molecular flexibility index (Phi) is 5.13. The first-order chi connectivity index (χ1) is 11.2. The predicted molar refractivity (Wildman–Crippen MR) is 91.4 cm³/mol. The minimum absolute atomic E-state index is 0.602. The molecule has 0 atom stereocenters. The Balaban J connectivity index is 1.63. The number of ether oxygens (including phenoxy) is 2. The summed E-state index contributed by atoms with van der Waals surface area (Å²) in [5.41, 5.74) is 2.08. The van der Waals surface area contributed by atoms with Crippen LogP contribution in [0.5, 0.6) is 11.5 Å². The van der Waals surface area contributed by atoms with Gasteiger partial charge in [-0.2, -0.15) is 0 Å². The zero-order valence-corrected chi connectivity index (χ0v) is 14.7. The Morgan fingerprint density at radius 1 is 1.26 bits per heavy atom. The molecule has 5 nitrogen and oxygen atoms in total. The van der Waals surface area contributed by atoms with Crippen molar-refractivity contribution in [2.75, 3.05) is 27.3 Å². The van der Waals surface area contributed by atoms with Gasteiger partial charge in [-0.05, 0) is 32.9 Å². The van der Waals surface area contributed by atoms with Gasteiger partial charge in [-0.3, -0.25) is 9.88 Å². The van der Waals surface area contributed by atoms with Gasteiger partial charge in [0.2, 0.25) is 0 Å². The quantitative estimate of drug-likeness (QED) is 0.840. The van der Waals surface area contributed by atoms with Gasteiger partial charge in [0.1, 0.15) is 5.69 Å². The first-order valence-electron chi connectivity index (χ1n) is 7.91. The molecule has 1 aliphatic heterocycles. The van der Waals surface area contributed by atoms with Gasteiger partial charge < -0.3 is 9.47 Å². The summed E-state index contributed by atoms with van der Waals surface area (Å²) in [7, 11) is 3.32. The Morgan fingerprint density at radius 2 is 2.04 bits per heavy atom. The highest BCUT2D eigenvalue weighted by Gasteiger charge is 2.24. The normalized spacial score (nSPS) is 16.5. The molecule has 0 aromatic carbocycles. The van der Waals surface area contributed by atoms with Crippen LogP contribution in [0.15, 0.2) is 17.6 Å². The number of aromatic nitrogens is 2. The first-order valence-corrected chi connectivity index (χ1v) is 8.79. The molecular weight excluding hydrogens is 310 g/mol. The lowest BCUT2D eigenvalue weighted by atomic mass is 9.97. The molecule has 3 rings (SSSR count). The van der Waals surface area contributed by atoms with Crippen LogP contribution in [0.2, 0.25) is 0 Å². The smallest absolute Gasteiger partial charge is 0.183 e. The van der Waals surface area contributed by atoms with Crippen LogP contribution in [0.1, 0.15) is 35.2 Å². The van der Waals surface area contributed by atoms with Crippen LogP contribution in [-0.4, -0.2) is 42.2 Å². The van der Waals surface area contributed by atoms with Crippen molar-refractivity contribution in [2.24, 2.45) is 0 Å². The van der Waals surface area contributed by atoms with E-state index in [9.17, 15) is 0 Å². The second-order valence-electron chi connectivity index (χ2n) is 5.87. The number of methoxy groups -OCH3 is 2. The van der Waals surface area contributed by atoms with E-state index in [4.69, 9.17) is 9.47 Å². The summed E-state index contributed by atoms with van der Waals surface area (Å²) in [5, 5.41) is 3.44. The maximum absolute atomic E-state index is 5.48. The number of piperidine rings is 1. The van der Waals surface area contributed by atoms with Crippen molar-refractivity contribution in [1.82, 2.24) is 14.9 Å². The number of likely N-dealkylation sites (tertiary alicyclic amines) is 1. The summed E-state index contributed by atoms with van der Waals surface area (Å²) in [6.45, 7) is 4.98. The van der Waals surface area contributed by atoms with E-state index >= 15 is 0 Å². The highest BCUT2D eigenvalue weighted by atomic mass is 32.1. The van der Waals surface area contributed by atoms with Gasteiger partial charge in [0.05, 0.1) is 19.2 Å². The molecule has 0 N–H and O–H groups in total. The van der Waals surface area contributed by atoms with Gasteiger partial charge in [-0.1, -0.05) is 0 Å². The summed E-state index contributed by atoms with van der Waals surface area (Å²) in [5.74, 6) is 2.09. The van der Waals surface area contributed by atoms with Crippen LogP contribution < -0.4 is 9.47 Å². The van der Waals surface area contributed by atoms with E-state index in [1.54, 1.807) is 31.8 Å². The van der Waals surface area contributed by atoms with Crippen molar-refractivity contribution in [2.45, 2.75) is 32.2 Å². The Bertz CT molecular complexity index is 651. The maximum Gasteiger partial charge on any atom is 0.183 e. The molecular formula is C17H23N3O2S. The molecule has 6 heteroatoms. The lowest BCUT2D eigenvalue weighted by molar-refractivity contribution is 0.199. The van der Waals surface area contributed by atoms with Gasteiger partial charge in [-0.25, -0.2) is 4.98 Å². The number of aryl methyl sites for hydroxylation is 1. The molecule has 0 amide bonds. The summed E-state index contributed by atoms with van der Waals surface area (Å²) < 4.78 is 10.8. The molecule has 1 aliphatic rings. The van der Waals surface area contributed by atoms with Gasteiger partial charge >= 0.3 is 0 Å². The van der Waals surface area contributed by atoms with E-state index in [1.165, 1.54) is 5.01 Å². The van der Waals surface area contributed by atoms with Gasteiger partial charge in [0, 0.05) is 35.8 Å². The number of nitrogens with zero attached hydrogens (tertiary/aromatic N) is 3. The number of pyridine rings is 1. The molecule has 2 aromatic rings. The SMILES string of the molecule is COc1ccnc(CN2CCC(c3nc(C)cs3)CC2)c1OC. The van der Waals surface area contributed by atoms with Crippen LogP contribution in [0.25, 0.3) is 0 Å². The fourth-order valence-corrected chi connectivity index (χ4v) is 4.04. The van der Waals surface area contributed by atoms with Crippen LogP contribution in [0.4, 0.5) is 0 Å². The first kappa shape index (κ1) is 16.2. The molecule has 0 bridgehead atoms. The molecule has 23 heavy (non-hydrogen) atoms. The summed E-state index contributed by atoms with van der Waals surface area (Å²) in [6.07, 6.45) is 4.08. The van der Waals surface area contributed by atoms with Crippen molar-refractivity contribution < 1.29 is 9.47 Å². The van der Waals surface area contributed by atoms with Crippen LogP contribution >= 0.6 is 11.3 Å². The zero-order chi connectivity index (χ0) is 16.2. The fraction of sp³-hybridized carbons (Fsp3) is 0.529. The van der Waals surface area contributed by atoms with Crippen molar-refractivity contribution >= 4 is 11.3 Å². The summed E-state index contributed by atoms with van der Waals surface area (Å²) >= 11 is 1.79. The molecule has 2 aromatic heterocycles. The van der Waals surface area contributed by atoms with Crippen LogP contribution in [0, 0.1) is 6.92 Å². The Labute approximate surface area is 141 Å². The molecule has 124 valence electrons. The topological polar surface area (TPSA) is 47.5 Å². The van der Waals surface area contributed by atoms with Crippen LogP contribution in [0.3, 0.4) is 0 Å². The van der Waals surface area contributed by atoms with Crippen molar-refractivity contribution in [3.8, 4) is 11.5 Å². The third kappa shape index (κ3) is 3.64. The van der Waals surface area contributed by atoms with Gasteiger partial charge in [-0.15, -0.1) is 11.3 Å². The lowest BCUT2D eigenvalue weighted by Crippen LogP contribution is -2.32.